The smallest absolute Gasteiger partial charge is 0.166 e. The highest BCUT2D eigenvalue weighted by Gasteiger charge is 2.41. The van der Waals surface area contributed by atoms with Crippen LogP contribution in [0, 0.1) is 11.8 Å². The van der Waals surface area contributed by atoms with Gasteiger partial charge in [-0.05, 0) is 46.5 Å². The Bertz CT molecular complexity index is 403. The monoisotopic (exact) mass is 267 g/mol. The van der Waals surface area contributed by atoms with Gasteiger partial charge in [-0.1, -0.05) is 13.3 Å². The van der Waals surface area contributed by atoms with Crippen molar-refractivity contribution in [1.29, 1.82) is 0 Å². The van der Waals surface area contributed by atoms with Crippen molar-refractivity contribution in [3.8, 4) is 0 Å². The molecule has 1 fully saturated rings. The Morgan fingerprint density at radius 3 is 2.87 bits per heavy atom. The molecular formula is C12H14BrNO. The minimum atomic E-state index is 0.255. The summed E-state index contributed by atoms with van der Waals surface area (Å²) in [6.45, 7) is 2.14. The van der Waals surface area contributed by atoms with Crippen LogP contribution < -0.4 is 5.73 Å². The van der Waals surface area contributed by atoms with Gasteiger partial charge in [0.2, 0.25) is 0 Å². The standard InChI is InChI=1S/C12H14BrNO/c1-2-7-5-9(7)12(15)8-3-4-11(14)10(13)6-8/h3-4,6-7,9H,2,5,14H2,1H3/t7-,9-/m1/s1. The van der Waals surface area contributed by atoms with Crippen molar-refractivity contribution in [2.75, 3.05) is 5.73 Å². The molecule has 2 nitrogen and oxygen atoms in total. The Morgan fingerprint density at radius 1 is 1.60 bits per heavy atom. The van der Waals surface area contributed by atoms with Crippen molar-refractivity contribution in [3.05, 3.63) is 28.2 Å². The largest absolute Gasteiger partial charge is 0.398 e. The molecule has 80 valence electrons. The number of nitrogen functional groups attached to an aromatic ring is 1. The molecule has 1 saturated carbocycles. The molecule has 0 bridgehead atoms. The zero-order valence-electron chi connectivity index (χ0n) is 8.66. The molecule has 2 N–H and O–H groups in total. The van der Waals surface area contributed by atoms with Crippen LogP contribution in [0.5, 0.6) is 0 Å². The third-order valence-electron chi connectivity index (χ3n) is 3.07. The van der Waals surface area contributed by atoms with Gasteiger partial charge in [0.1, 0.15) is 0 Å². The zero-order chi connectivity index (χ0) is 11.0. The van der Waals surface area contributed by atoms with E-state index in [1.54, 1.807) is 6.07 Å². The number of hydrogen-bond acceptors (Lipinski definition) is 2. The minimum absolute atomic E-state index is 0.255. The molecule has 0 aliphatic heterocycles. The quantitative estimate of drug-likeness (QED) is 0.675. The fourth-order valence-electron chi connectivity index (χ4n) is 1.91. The van der Waals surface area contributed by atoms with Crippen LogP contribution in [0.2, 0.25) is 0 Å². The first-order valence-electron chi connectivity index (χ1n) is 5.22. The van der Waals surface area contributed by atoms with Crippen LogP contribution in [-0.4, -0.2) is 5.78 Å². The first kappa shape index (κ1) is 10.7. The molecule has 0 heterocycles. The fourth-order valence-corrected chi connectivity index (χ4v) is 2.29. The van der Waals surface area contributed by atoms with Crippen LogP contribution in [0.1, 0.15) is 30.1 Å². The summed E-state index contributed by atoms with van der Waals surface area (Å²) in [5.41, 5.74) is 7.13. The van der Waals surface area contributed by atoms with Crippen molar-refractivity contribution in [2.24, 2.45) is 11.8 Å². The second-order valence-corrected chi connectivity index (χ2v) is 4.97. The summed E-state index contributed by atoms with van der Waals surface area (Å²) in [4.78, 5) is 12.0. The van der Waals surface area contributed by atoms with E-state index in [9.17, 15) is 4.79 Å². The third-order valence-corrected chi connectivity index (χ3v) is 3.76. The van der Waals surface area contributed by atoms with E-state index in [2.05, 4.69) is 22.9 Å². The summed E-state index contributed by atoms with van der Waals surface area (Å²) in [5.74, 6) is 1.13. The van der Waals surface area contributed by atoms with E-state index in [4.69, 9.17) is 5.73 Å². The van der Waals surface area contributed by atoms with Crippen LogP contribution >= 0.6 is 15.9 Å². The number of rotatable bonds is 3. The lowest BCUT2D eigenvalue weighted by Crippen LogP contribution is -2.03. The molecule has 0 radical (unpaired) electrons. The van der Waals surface area contributed by atoms with Gasteiger partial charge in [0.05, 0.1) is 0 Å². The van der Waals surface area contributed by atoms with E-state index in [0.717, 1.165) is 22.9 Å². The van der Waals surface area contributed by atoms with Gasteiger partial charge in [0.25, 0.3) is 0 Å². The Kier molecular flexibility index (Phi) is 2.83. The van der Waals surface area contributed by atoms with Crippen LogP contribution in [0.25, 0.3) is 0 Å². The van der Waals surface area contributed by atoms with E-state index in [1.807, 2.05) is 12.1 Å². The summed E-state index contributed by atoms with van der Waals surface area (Å²) < 4.78 is 0.807. The van der Waals surface area contributed by atoms with E-state index in [1.165, 1.54) is 0 Å². The number of hydrogen-bond donors (Lipinski definition) is 1. The average Bonchev–Trinajstić information content (AvgIpc) is 3.00. The second kappa shape index (κ2) is 3.97. The molecule has 0 saturated heterocycles. The Hall–Kier alpha value is -0.830. The van der Waals surface area contributed by atoms with E-state index >= 15 is 0 Å². The average molecular weight is 268 g/mol. The lowest BCUT2D eigenvalue weighted by atomic mass is 10.1. The van der Waals surface area contributed by atoms with Crippen molar-refractivity contribution < 1.29 is 4.79 Å². The molecule has 2 rings (SSSR count). The van der Waals surface area contributed by atoms with Crippen LogP contribution in [0.4, 0.5) is 5.69 Å². The van der Waals surface area contributed by atoms with Crippen molar-refractivity contribution >= 4 is 27.4 Å². The van der Waals surface area contributed by atoms with Gasteiger partial charge < -0.3 is 5.73 Å². The predicted molar refractivity (Wildman–Crippen MR) is 64.8 cm³/mol. The highest BCUT2D eigenvalue weighted by Crippen LogP contribution is 2.43. The topological polar surface area (TPSA) is 43.1 Å². The van der Waals surface area contributed by atoms with Crippen LogP contribution in [-0.2, 0) is 0 Å². The predicted octanol–water partition coefficient (Wildman–Crippen LogP) is 3.26. The summed E-state index contributed by atoms with van der Waals surface area (Å²) >= 11 is 3.34. The summed E-state index contributed by atoms with van der Waals surface area (Å²) in [5, 5.41) is 0. The van der Waals surface area contributed by atoms with Crippen molar-refractivity contribution in [3.63, 3.8) is 0 Å². The molecule has 1 aromatic rings. The SMILES string of the molecule is CC[C@@H]1C[C@H]1C(=O)c1ccc(N)c(Br)c1. The molecule has 0 unspecified atom stereocenters. The number of Topliss-reactive ketones (excluding diaryl/α,β-unsaturated/α-hetero) is 1. The summed E-state index contributed by atoms with van der Waals surface area (Å²) in [6, 6.07) is 5.41. The molecule has 15 heavy (non-hydrogen) atoms. The van der Waals surface area contributed by atoms with E-state index < -0.39 is 0 Å². The molecule has 3 heteroatoms. The van der Waals surface area contributed by atoms with Gasteiger partial charge in [0, 0.05) is 21.6 Å². The number of anilines is 1. The first-order chi connectivity index (χ1) is 7.13. The van der Waals surface area contributed by atoms with Gasteiger partial charge in [-0.25, -0.2) is 0 Å². The highest BCUT2D eigenvalue weighted by atomic mass is 79.9. The molecule has 1 aliphatic carbocycles. The maximum absolute atomic E-state index is 12.0. The number of nitrogens with two attached hydrogens (primary N) is 1. The maximum atomic E-state index is 12.0. The van der Waals surface area contributed by atoms with Gasteiger partial charge in [0.15, 0.2) is 5.78 Å². The van der Waals surface area contributed by atoms with Crippen LogP contribution in [0.3, 0.4) is 0 Å². The van der Waals surface area contributed by atoms with Crippen molar-refractivity contribution in [1.82, 2.24) is 0 Å². The van der Waals surface area contributed by atoms with Crippen LogP contribution in [0.15, 0.2) is 22.7 Å². The van der Waals surface area contributed by atoms with Gasteiger partial charge in [-0.2, -0.15) is 0 Å². The summed E-state index contributed by atoms with van der Waals surface area (Å²) in [7, 11) is 0. The van der Waals surface area contributed by atoms with E-state index in [-0.39, 0.29) is 11.7 Å². The number of halogens is 1. The Morgan fingerprint density at radius 2 is 2.33 bits per heavy atom. The second-order valence-electron chi connectivity index (χ2n) is 4.11. The Balaban J connectivity index is 2.16. The summed E-state index contributed by atoms with van der Waals surface area (Å²) in [6.07, 6.45) is 2.16. The van der Waals surface area contributed by atoms with Gasteiger partial charge >= 0.3 is 0 Å². The molecule has 2 atom stereocenters. The molecule has 1 aliphatic rings. The lowest BCUT2D eigenvalue weighted by molar-refractivity contribution is 0.0961. The number of carbonyl (C=O) groups is 1. The lowest BCUT2D eigenvalue weighted by Gasteiger charge is -2.02. The number of benzene rings is 1. The van der Waals surface area contributed by atoms with Gasteiger partial charge in [-0.15, -0.1) is 0 Å². The molecule has 0 aromatic heterocycles. The highest BCUT2D eigenvalue weighted by molar-refractivity contribution is 9.10. The number of carbonyl (C=O) groups excluding carboxylic acids is 1. The first-order valence-corrected chi connectivity index (χ1v) is 6.02. The molecular weight excluding hydrogens is 254 g/mol. The minimum Gasteiger partial charge on any atom is -0.398 e. The third kappa shape index (κ3) is 2.07. The number of ketones is 1. The Labute approximate surface area is 98.0 Å². The van der Waals surface area contributed by atoms with Gasteiger partial charge in [-0.3, -0.25) is 4.79 Å². The molecule has 0 spiro atoms. The zero-order valence-corrected chi connectivity index (χ0v) is 10.3. The fraction of sp³-hybridized carbons (Fsp3) is 0.417. The molecule has 0 amide bonds. The molecule has 1 aromatic carbocycles. The normalized spacial score (nSPS) is 23.9. The van der Waals surface area contributed by atoms with E-state index in [0.29, 0.717) is 11.6 Å². The maximum Gasteiger partial charge on any atom is 0.166 e. The van der Waals surface area contributed by atoms with Crippen molar-refractivity contribution in [2.45, 2.75) is 19.8 Å².